The van der Waals surface area contributed by atoms with Crippen LogP contribution in [0.25, 0.3) is 11.3 Å². The molecule has 0 spiro atoms. The molecule has 18 heavy (non-hydrogen) atoms. The number of nitrogens with zero attached hydrogens (tertiary/aromatic N) is 1. The van der Waals surface area contributed by atoms with E-state index in [0.717, 1.165) is 28.7 Å². The Labute approximate surface area is 105 Å². The summed E-state index contributed by atoms with van der Waals surface area (Å²) in [6.45, 7) is 3.91. The molecule has 0 saturated carbocycles. The predicted molar refractivity (Wildman–Crippen MR) is 69.8 cm³/mol. The summed E-state index contributed by atoms with van der Waals surface area (Å²) in [5.41, 5.74) is 9.62. The lowest BCUT2D eigenvalue weighted by molar-refractivity contribution is 0.112. The number of H-pyrrole nitrogens is 1. The molecule has 0 bridgehead atoms. The average Bonchev–Trinajstić information content (AvgIpc) is 2.69. The number of aromatic nitrogens is 2. The van der Waals surface area contributed by atoms with E-state index in [9.17, 15) is 4.79 Å². The normalized spacial score (nSPS) is 10.4. The van der Waals surface area contributed by atoms with Crippen LogP contribution in [0, 0.1) is 13.8 Å². The van der Waals surface area contributed by atoms with Gasteiger partial charge >= 0.3 is 0 Å². The van der Waals surface area contributed by atoms with Gasteiger partial charge in [0.25, 0.3) is 0 Å². The molecule has 1 aromatic carbocycles. The van der Waals surface area contributed by atoms with E-state index >= 15 is 0 Å². The van der Waals surface area contributed by atoms with Crippen molar-refractivity contribution in [2.75, 3.05) is 12.8 Å². The molecule has 0 aliphatic heterocycles. The number of benzene rings is 1. The maximum atomic E-state index is 11.1. The highest BCUT2D eigenvalue weighted by atomic mass is 16.5. The van der Waals surface area contributed by atoms with Gasteiger partial charge < -0.3 is 10.5 Å². The van der Waals surface area contributed by atoms with Crippen LogP contribution in [-0.4, -0.2) is 23.6 Å². The van der Waals surface area contributed by atoms with Gasteiger partial charge in [-0.1, -0.05) is 0 Å². The van der Waals surface area contributed by atoms with Gasteiger partial charge in [0.15, 0.2) is 12.1 Å². The molecular formula is C13H15N3O2. The number of nitrogens with one attached hydrogen (secondary N) is 1. The lowest BCUT2D eigenvalue weighted by atomic mass is 9.97. The molecule has 5 nitrogen and oxygen atoms in total. The van der Waals surface area contributed by atoms with Gasteiger partial charge in [0.2, 0.25) is 0 Å². The maximum Gasteiger partial charge on any atom is 0.156 e. The number of anilines is 1. The molecule has 0 fully saturated rings. The third kappa shape index (κ3) is 1.84. The number of aldehydes is 1. The number of carbonyl (C=O) groups is 1. The topological polar surface area (TPSA) is 81.0 Å². The Balaban J connectivity index is 2.67. The van der Waals surface area contributed by atoms with Crippen LogP contribution in [0.2, 0.25) is 0 Å². The second-order valence-electron chi connectivity index (χ2n) is 4.15. The Bertz CT molecular complexity index is 579. The Hall–Kier alpha value is -2.30. The molecule has 2 aromatic rings. The molecule has 5 heteroatoms. The number of rotatable bonds is 3. The number of nitrogens with two attached hydrogens (primary N) is 1. The van der Waals surface area contributed by atoms with E-state index in [4.69, 9.17) is 10.5 Å². The smallest absolute Gasteiger partial charge is 0.156 e. The van der Waals surface area contributed by atoms with Gasteiger partial charge in [0.1, 0.15) is 5.75 Å². The summed E-state index contributed by atoms with van der Waals surface area (Å²) in [6, 6.07) is 3.82. The van der Waals surface area contributed by atoms with Gasteiger partial charge in [-0.3, -0.25) is 9.89 Å². The minimum Gasteiger partial charge on any atom is -0.497 e. The SMILES string of the molecule is COc1cc(C)c(-c2[nH]nc(N)c2C=O)c(C)c1. The molecule has 1 aromatic heterocycles. The zero-order valence-corrected chi connectivity index (χ0v) is 10.6. The second-order valence-corrected chi connectivity index (χ2v) is 4.15. The summed E-state index contributed by atoms with van der Waals surface area (Å²) in [6.07, 6.45) is 0.720. The molecule has 0 amide bonds. The van der Waals surface area contributed by atoms with Crippen molar-refractivity contribution in [3.63, 3.8) is 0 Å². The van der Waals surface area contributed by atoms with E-state index in [-0.39, 0.29) is 5.82 Å². The first kappa shape index (κ1) is 12.2. The van der Waals surface area contributed by atoms with Crippen molar-refractivity contribution in [1.29, 1.82) is 0 Å². The minimum atomic E-state index is 0.217. The van der Waals surface area contributed by atoms with E-state index in [1.165, 1.54) is 0 Å². The predicted octanol–water partition coefficient (Wildman–Crippen LogP) is 2.10. The van der Waals surface area contributed by atoms with Crippen LogP contribution in [-0.2, 0) is 0 Å². The van der Waals surface area contributed by atoms with Gasteiger partial charge in [0, 0.05) is 5.56 Å². The van der Waals surface area contributed by atoms with Crippen molar-refractivity contribution in [3.8, 4) is 17.0 Å². The number of aryl methyl sites for hydroxylation is 2. The number of nitrogen functional groups attached to an aromatic ring is 1. The summed E-state index contributed by atoms with van der Waals surface area (Å²) in [5, 5.41) is 6.69. The molecule has 0 aliphatic carbocycles. The number of hydrogen-bond donors (Lipinski definition) is 2. The summed E-state index contributed by atoms with van der Waals surface area (Å²) in [7, 11) is 1.62. The highest BCUT2D eigenvalue weighted by Crippen LogP contribution is 2.32. The van der Waals surface area contributed by atoms with Gasteiger partial charge in [-0.2, -0.15) is 5.10 Å². The minimum absolute atomic E-state index is 0.217. The zero-order chi connectivity index (χ0) is 13.3. The fourth-order valence-corrected chi connectivity index (χ4v) is 2.11. The van der Waals surface area contributed by atoms with Crippen molar-refractivity contribution < 1.29 is 9.53 Å². The number of hydrogen-bond acceptors (Lipinski definition) is 4. The van der Waals surface area contributed by atoms with Gasteiger partial charge in [-0.25, -0.2) is 0 Å². The fraction of sp³-hybridized carbons (Fsp3) is 0.231. The van der Waals surface area contributed by atoms with Crippen molar-refractivity contribution in [2.45, 2.75) is 13.8 Å². The summed E-state index contributed by atoms with van der Waals surface area (Å²) in [5.74, 6) is 1.00. The largest absolute Gasteiger partial charge is 0.497 e. The van der Waals surface area contributed by atoms with Crippen molar-refractivity contribution >= 4 is 12.1 Å². The molecule has 0 atom stereocenters. The average molecular weight is 245 g/mol. The van der Waals surface area contributed by atoms with Crippen LogP contribution >= 0.6 is 0 Å². The molecule has 3 N–H and O–H groups in total. The standard InChI is InChI=1S/C13H15N3O2/c1-7-4-9(18-3)5-8(2)11(7)12-10(6-17)13(14)16-15-12/h4-6H,1-3H3,(H3,14,15,16). The Kier molecular flexibility index (Phi) is 3.06. The van der Waals surface area contributed by atoms with E-state index in [1.807, 2.05) is 26.0 Å². The number of methoxy groups -OCH3 is 1. The van der Waals surface area contributed by atoms with Crippen LogP contribution in [0.3, 0.4) is 0 Å². The van der Waals surface area contributed by atoms with Gasteiger partial charge in [0.05, 0.1) is 18.4 Å². The number of ether oxygens (including phenoxy) is 1. The summed E-state index contributed by atoms with van der Waals surface area (Å²) < 4.78 is 5.21. The van der Waals surface area contributed by atoms with E-state index in [0.29, 0.717) is 11.3 Å². The highest BCUT2D eigenvalue weighted by molar-refractivity contribution is 5.92. The maximum absolute atomic E-state index is 11.1. The van der Waals surface area contributed by atoms with Gasteiger partial charge in [-0.05, 0) is 37.1 Å². The van der Waals surface area contributed by atoms with Crippen molar-refractivity contribution in [1.82, 2.24) is 10.2 Å². The van der Waals surface area contributed by atoms with Crippen molar-refractivity contribution in [3.05, 3.63) is 28.8 Å². The molecule has 0 unspecified atom stereocenters. The lowest BCUT2D eigenvalue weighted by Gasteiger charge is -2.11. The number of carbonyl (C=O) groups excluding carboxylic acids is 1. The fourth-order valence-electron chi connectivity index (χ4n) is 2.11. The molecule has 0 saturated heterocycles. The summed E-state index contributed by atoms with van der Waals surface area (Å²) in [4.78, 5) is 11.1. The van der Waals surface area contributed by atoms with E-state index in [1.54, 1.807) is 7.11 Å². The third-order valence-corrected chi connectivity index (χ3v) is 2.94. The first-order valence-corrected chi connectivity index (χ1v) is 5.53. The quantitative estimate of drug-likeness (QED) is 0.811. The van der Waals surface area contributed by atoms with Crippen molar-refractivity contribution in [2.24, 2.45) is 0 Å². The molecule has 94 valence electrons. The van der Waals surface area contributed by atoms with Crippen LogP contribution < -0.4 is 10.5 Å². The Morgan fingerprint density at radius 1 is 1.33 bits per heavy atom. The molecular weight excluding hydrogens is 230 g/mol. The van der Waals surface area contributed by atoms with E-state index < -0.39 is 0 Å². The lowest BCUT2D eigenvalue weighted by Crippen LogP contribution is -1.95. The molecule has 0 aliphatic rings. The molecule has 2 rings (SSSR count). The van der Waals surface area contributed by atoms with Crippen LogP contribution in [0.15, 0.2) is 12.1 Å². The highest BCUT2D eigenvalue weighted by Gasteiger charge is 2.16. The van der Waals surface area contributed by atoms with Gasteiger partial charge in [-0.15, -0.1) is 0 Å². The first-order chi connectivity index (χ1) is 8.58. The number of aromatic amines is 1. The second kappa shape index (κ2) is 4.52. The zero-order valence-electron chi connectivity index (χ0n) is 10.6. The van der Waals surface area contributed by atoms with Crippen LogP contribution in [0.4, 0.5) is 5.82 Å². The van der Waals surface area contributed by atoms with Crippen LogP contribution in [0.5, 0.6) is 5.75 Å². The third-order valence-electron chi connectivity index (χ3n) is 2.94. The molecule has 0 radical (unpaired) electrons. The summed E-state index contributed by atoms with van der Waals surface area (Å²) >= 11 is 0. The monoisotopic (exact) mass is 245 g/mol. The van der Waals surface area contributed by atoms with E-state index in [2.05, 4.69) is 10.2 Å². The molecule has 1 heterocycles. The first-order valence-electron chi connectivity index (χ1n) is 5.53. The Morgan fingerprint density at radius 3 is 2.44 bits per heavy atom. The van der Waals surface area contributed by atoms with Crippen LogP contribution in [0.1, 0.15) is 21.5 Å². The Morgan fingerprint density at radius 2 is 1.94 bits per heavy atom.